The van der Waals surface area contributed by atoms with Crippen molar-refractivity contribution in [1.29, 1.82) is 0 Å². The van der Waals surface area contributed by atoms with Gasteiger partial charge in [0, 0.05) is 6.54 Å². The Balaban J connectivity index is 1.38. The lowest BCUT2D eigenvalue weighted by atomic mass is 9.72. The van der Waals surface area contributed by atoms with E-state index >= 15 is 0 Å². The van der Waals surface area contributed by atoms with E-state index in [1.165, 1.54) is 24.3 Å². The van der Waals surface area contributed by atoms with Crippen molar-refractivity contribution >= 4 is 17.9 Å². The van der Waals surface area contributed by atoms with Crippen molar-refractivity contribution in [3.63, 3.8) is 0 Å². The molecule has 0 spiro atoms. The maximum absolute atomic E-state index is 13.1. The van der Waals surface area contributed by atoms with Crippen molar-refractivity contribution in [3.05, 3.63) is 95.6 Å². The molecule has 0 aromatic heterocycles. The van der Waals surface area contributed by atoms with E-state index in [2.05, 4.69) is 5.32 Å². The van der Waals surface area contributed by atoms with E-state index in [4.69, 9.17) is 14.6 Å². The van der Waals surface area contributed by atoms with Crippen LogP contribution < -0.4 is 14.8 Å². The number of carbonyl (C=O) groups excluding carboxylic acids is 2. The van der Waals surface area contributed by atoms with Crippen LogP contribution in [0.3, 0.4) is 0 Å². The molecule has 0 bridgehead atoms. The first-order valence-electron chi connectivity index (χ1n) is 12.2. The topological polar surface area (TPSA) is 105 Å². The van der Waals surface area contributed by atoms with E-state index in [0.29, 0.717) is 25.2 Å². The zero-order valence-corrected chi connectivity index (χ0v) is 20.8. The van der Waals surface area contributed by atoms with Crippen molar-refractivity contribution < 1.29 is 29.0 Å². The number of carboxylic acids is 1. The number of urea groups is 1. The zero-order valence-electron chi connectivity index (χ0n) is 20.8. The number of hydrogen-bond donors (Lipinski definition) is 2. The van der Waals surface area contributed by atoms with Gasteiger partial charge in [-0.3, -0.25) is 4.79 Å². The molecule has 192 valence electrons. The van der Waals surface area contributed by atoms with Gasteiger partial charge in [0.2, 0.25) is 5.91 Å². The number of carbonyl (C=O) groups is 3. The lowest BCUT2D eigenvalue weighted by Crippen LogP contribution is -2.73. The second-order valence-corrected chi connectivity index (χ2v) is 8.92. The van der Waals surface area contributed by atoms with E-state index in [1.54, 1.807) is 0 Å². The Morgan fingerprint density at radius 3 is 2.11 bits per heavy atom. The lowest BCUT2D eigenvalue weighted by Gasteiger charge is -2.53. The van der Waals surface area contributed by atoms with Crippen molar-refractivity contribution in [2.75, 3.05) is 0 Å². The molecule has 1 aliphatic heterocycles. The average Bonchev–Trinajstić information content (AvgIpc) is 2.93. The minimum absolute atomic E-state index is 0.125. The van der Waals surface area contributed by atoms with Crippen LogP contribution in [0.25, 0.3) is 0 Å². The van der Waals surface area contributed by atoms with Crippen molar-refractivity contribution in [2.24, 2.45) is 5.41 Å². The van der Waals surface area contributed by atoms with Crippen LogP contribution in [0.1, 0.15) is 48.2 Å². The molecule has 0 radical (unpaired) electrons. The van der Waals surface area contributed by atoms with Crippen molar-refractivity contribution in [1.82, 2.24) is 10.2 Å². The number of ether oxygens (including phenoxy) is 2. The number of nitrogens with one attached hydrogen (secondary N) is 1. The highest BCUT2D eigenvalue weighted by molar-refractivity contribution is 6.03. The summed E-state index contributed by atoms with van der Waals surface area (Å²) in [5.41, 5.74) is 1.23. The van der Waals surface area contributed by atoms with E-state index in [0.717, 1.165) is 21.8 Å². The molecular formula is C29H30N2O6. The summed E-state index contributed by atoms with van der Waals surface area (Å²) < 4.78 is 11.9. The summed E-state index contributed by atoms with van der Waals surface area (Å²) in [4.78, 5) is 38.3. The Labute approximate surface area is 215 Å². The fourth-order valence-corrected chi connectivity index (χ4v) is 4.41. The molecule has 1 fully saturated rings. The van der Waals surface area contributed by atoms with E-state index < -0.39 is 23.6 Å². The SMILES string of the molecule is CCC1(CC)C(=O)N(C(=O)NCc2ccc(OCc3ccccc3)cc2)C1Oc1ccc(C(=O)O)cc1. The van der Waals surface area contributed by atoms with Gasteiger partial charge in [-0.25, -0.2) is 14.5 Å². The molecule has 4 rings (SSSR count). The molecular weight excluding hydrogens is 472 g/mol. The third kappa shape index (κ3) is 5.43. The van der Waals surface area contributed by atoms with Crippen LogP contribution in [0.4, 0.5) is 4.79 Å². The number of amides is 3. The summed E-state index contributed by atoms with van der Waals surface area (Å²) >= 11 is 0. The van der Waals surface area contributed by atoms with Gasteiger partial charge in [-0.05, 0) is 60.4 Å². The Morgan fingerprint density at radius 1 is 0.892 bits per heavy atom. The number of imide groups is 1. The largest absolute Gasteiger partial charge is 0.489 e. The molecule has 3 amide bonds. The lowest BCUT2D eigenvalue weighted by molar-refractivity contribution is -0.190. The number of likely N-dealkylation sites (tertiary alicyclic amines) is 1. The molecule has 1 saturated heterocycles. The number of benzene rings is 3. The molecule has 1 heterocycles. The third-order valence-corrected chi connectivity index (χ3v) is 6.80. The molecule has 0 saturated carbocycles. The standard InChI is InChI=1S/C29H30N2O6/c1-3-29(4-2)26(34)31(27(29)37-24-16-12-22(13-17-24)25(32)33)28(35)30-18-20-10-14-23(15-11-20)36-19-21-8-6-5-7-9-21/h5-17,27H,3-4,18-19H2,1-2H3,(H,30,35)(H,32,33). The number of aromatic carboxylic acids is 1. The van der Waals surface area contributed by atoms with Gasteiger partial charge >= 0.3 is 12.0 Å². The number of hydrogen-bond acceptors (Lipinski definition) is 5. The highest BCUT2D eigenvalue weighted by atomic mass is 16.5. The van der Waals surface area contributed by atoms with Crippen LogP contribution in [0, 0.1) is 5.41 Å². The van der Waals surface area contributed by atoms with Gasteiger partial charge in [-0.2, -0.15) is 0 Å². The summed E-state index contributed by atoms with van der Waals surface area (Å²) in [6.07, 6.45) is 0.225. The van der Waals surface area contributed by atoms with Gasteiger partial charge in [0.1, 0.15) is 23.5 Å². The van der Waals surface area contributed by atoms with Crippen LogP contribution in [0.2, 0.25) is 0 Å². The molecule has 37 heavy (non-hydrogen) atoms. The van der Waals surface area contributed by atoms with Gasteiger partial charge in [-0.1, -0.05) is 56.3 Å². The number of β-lactam (4-membered cyclic amide) rings is 1. The molecule has 1 atom stereocenters. The normalized spacial score (nSPS) is 16.0. The first-order chi connectivity index (χ1) is 17.9. The molecule has 3 aromatic rings. The maximum atomic E-state index is 13.1. The second-order valence-electron chi connectivity index (χ2n) is 8.92. The third-order valence-electron chi connectivity index (χ3n) is 6.80. The first kappa shape index (κ1) is 25.8. The van der Waals surface area contributed by atoms with Gasteiger partial charge in [0.05, 0.1) is 5.56 Å². The monoisotopic (exact) mass is 502 g/mol. The Bertz CT molecular complexity index is 1240. The minimum Gasteiger partial charge on any atom is -0.489 e. The molecule has 8 heteroatoms. The predicted octanol–water partition coefficient (Wildman–Crippen LogP) is 5.23. The molecule has 1 aliphatic rings. The highest BCUT2D eigenvalue weighted by Crippen LogP contribution is 2.46. The Hall–Kier alpha value is -4.33. The fourth-order valence-electron chi connectivity index (χ4n) is 4.41. The summed E-state index contributed by atoms with van der Waals surface area (Å²) in [7, 11) is 0. The van der Waals surface area contributed by atoms with Crippen LogP contribution in [0.5, 0.6) is 11.5 Å². The number of rotatable bonds is 10. The van der Waals surface area contributed by atoms with Crippen LogP contribution in [-0.2, 0) is 17.9 Å². The quantitative estimate of drug-likeness (QED) is 0.368. The first-order valence-corrected chi connectivity index (χ1v) is 12.2. The summed E-state index contributed by atoms with van der Waals surface area (Å²) in [5, 5.41) is 11.9. The van der Waals surface area contributed by atoms with E-state index in [9.17, 15) is 14.4 Å². The van der Waals surface area contributed by atoms with E-state index in [1.807, 2.05) is 68.4 Å². The summed E-state index contributed by atoms with van der Waals surface area (Å²) in [6, 6.07) is 22.6. The van der Waals surface area contributed by atoms with Crippen LogP contribution in [-0.4, -0.2) is 34.1 Å². The number of carboxylic acid groups (broad SMARTS) is 1. The summed E-state index contributed by atoms with van der Waals surface area (Å²) in [5.74, 6) is -0.224. The molecule has 3 aromatic carbocycles. The Morgan fingerprint density at radius 2 is 1.51 bits per heavy atom. The smallest absolute Gasteiger partial charge is 0.335 e. The van der Waals surface area contributed by atoms with Crippen LogP contribution in [0.15, 0.2) is 78.9 Å². The second kappa shape index (κ2) is 11.2. The van der Waals surface area contributed by atoms with Gasteiger partial charge in [-0.15, -0.1) is 0 Å². The van der Waals surface area contributed by atoms with E-state index in [-0.39, 0.29) is 18.0 Å². The molecule has 1 unspecified atom stereocenters. The highest BCUT2D eigenvalue weighted by Gasteiger charge is 2.62. The maximum Gasteiger partial charge on any atom is 0.335 e. The van der Waals surface area contributed by atoms with Gasteiger partial charge < -0.3 is 19.9 Å². The number of nitrogens with zero attached hydrogens (tertiary/aromatic N) is 1. The summed E-state index contributed by atoms with van der Waals surface area (Å²) in [6.45, 7) is 4.47. The van der Waals surface area contributed by atoms with Crippen molar-refractivity contribution in [2.45, 2.75) is 46.1 Å². The fraction of sp³-hybridized carbons (Fsp3) is 0.276. The molecule has 0 aliphatic carbocycles. The Kier molecular flexibility index (Phi) is 7.77. The average molecular weight is 503 g/mol. The van der Waals surface area contributed by atoms with Gasteiger partial charge in [0.25, 0.3) is 0 Å². The van der Waals surface area contributed by atoms with Crippen molar-refractivity contribution in [3.8, 4) is 11.5 Å². The zero-order chi connectivity index (χ0) is 26.4. The molecule has 8 nitrogen and oxygen atoms in total. The molecule has 2 N–H and O–H groups in total. The van der Waals surface area contributed by atoms with Gasteiger partial charge in [0.15, 0.2) is 6.23 Å². The predicted molar refractivity (Wildman–Crippen MR) is 137 cm³/mol. The van der Waals surface area contributed by atoms with Crippen LogP contribution >= 0.6 is 0 Å². The minimum atomic E-state index is -1.04.